The summed E-state index contributed by atoms with van der Waals surface area (Å²) in [6.45, 7) is 2.76. The third kappa shape index (κ3) is 6.50. The number of nitrogens with zero attached hydrogens (tertiary/aromatic N) is 1. The highest BCUT2D eigenvalue weighted by Gasteiger charge is 2.31. The molecule has 1 N–H and O–H groups in total. The van der Waals surface area contributed by atoms with Crippen LogP contribution in [0.1, 0.15) is 29.5 Å². The monoisotopic (exact) mass is 494 g/mol. The zero-order chi connectivity index (χ0) is 24.0. The molecule has 1 fully saturated rings. The lowest BCUT2D eigenvalue weighted by atomic mass is 9.97. The number of carbonyl (C=O) groups is 1. The molecule has 7 heteroatoms. The normalized spacial score (nSPS) is 15.2. The molecule has 1 heterocycles. The lowest BCUT2D eigenvalue weighted by Gasteiger charge is -2.30. The minimum Gasteiger partial charge on any atom is -0.326 e. The van der Waals surface area contributed by atoms with Gasteiger partial charge in [-0.3, -0.25) is 4.79 Å². The molecule has 0 saturated carbocycles. The van der Waals surface area contributed by atoms with Crippen LogP contribution in [0.2, 0.25) is 0 Å². The van der Waals surface area contributed by atoms with Gasteiger partial charge >= 0.3 is 0 Å². The minimum absolute atomic E-state index is 0.00119. The average molecular weight is 495 g/mol. The summed E-state index contributed by atoms with van der Waals surface area (Å²) in [4.78, 5) is 14.1. The van der Waals surface area contributed by atoms with Gasteiger partial charge in [0.25, 0.3) is 0 Å². The van der Waals surface area contributed by atoms with Crippen molar-refractivity contribution in [2.24, 2.45) is 5.92 Å². The van der Waals surface area contributed by atoms with Gasteiger partial charge in [-0.1, -0.05) is 60.7 Å². The molecule has 1 saturated heterocycles. The standard InChI is InChI=1S/C27H30N2O3S2/c1-21-18-23(19-33-25-10-6-3-7-11-25)12-13-26(21)28-27(30)24-14-16-29(17-15-24)34(31,32)20-22-8-4-2-5-9-22/h2-13,18,24H,14-17,19-20H2,1H3,(H,28,30). The van der Waals surface area contributed by atoms with Crippen LogP contribution in [0.4, 0.5) is 5.69 Å². The second-order valence-corrected chi connectivity index (χ2v) is 11.7. The number of aryl methyl sites for hydroxylation is 1. The fraction of sp³-hybridized carbons (Fsp3) is 0.296. The van der Waals surface area contributed by atoms with E-state index in [0.29, 0.717) is 25.9 Å². The van der Waals surface area contributed by atoms with Crippen LogP contribution < -0.4 is 5.32 Å². The zero-order valence-corrected chi connectivity index (χ0v) is 20.9. The van der Waals surface area contributed by atoms with Crippen LogP contribution >= 0.6 is 11.8 Å². The molecule has 0 bridgehead atoms. The fourth-order valence-electron chi connectivity index (χ4n) is 4.15. The van der Waals surface area contributed by atoms with E-state index in [1.165, 1.54) is 14.8 Å². The first kappa shape index (κ1) is 24.5. The van der Waals surface area contributed by atoms with Crippen LogP contribution in [0.3, 0.4) is 0 Å². The summed E-state index contributed by atoms with van der Waals surface area (Å²) in [7, 11) is -3.38. The van der Waals surface area contributed by atoms with Gasteiger partial charge in [-0.25, -0.2) is 12.7 Å². The molecular weight excluding hydrogens is 464 g/mol. The van der Waals surface area contributed by atoms with E-state index in [-0.39, 0.29) is 17.6 Å². The predicted octanol–water partition coefficient (Wildman–Crippen LogP) is 5.47. The number of hydrogen-bond donors (Lipinski definition) is 1. The topological polar surface area (TPSA) is 66.5 Å². The molecule has 1 aliphatic rings. The van der Waals surface area contributed by atoms with E-state index in [4.69, 9.17) is 0 Å². The van der Waals surface area contributed by atoms with E-state index >= 15 is 0 Å². The average Bonchev–Trinajstić information content (AvgIpc) is 2.85. The first-order valence-electron chi connectivity index (χ1n) is 11.5. The molecule has 5 nitrogen and oxygen atoms in total. The number of thioether (sulfide) groups is 1. The van der Waals surface area contributed by atoms with Crippen molar-refractivity contribution in [2.45, 2.75) is 36.2 Å². The number of hydrogen-bond acceptors (Lipinski definition) is 4. The Kier molecular flexibility index (Phi) is 8.08. The highest BCUT2D eigenvalue weighted by molar-refractivity contribution is 7.98. The van der Waals surface area contributed by atoms with Gasteiger partial charge in [0.2, 0.25) is 15.9 Å². The maximum atomic E-state index is 12.9. The Morgan fingerprint density at radius 1 is 0.941 bits per heavy atom. The number of rotatable bonds is 8. The van der Waals surface area contributed by atoms with Crippen molar-refractivity contribution in [3.63, 3.8) is 0 Å². The molecular formula is C27H30N2O3S2. The van der Waals surface area contributed by atoms with Crippen molar-refractivity contribution in [3.8, 4) is 0 Å². The third-order valence-corrected chi connectivity index (χ3v) is 9.04. The maximum absolute atomic E-state index is 12.9. The lowest BCUT2D eigenvalue weighted by Crippen LogP contribution is -2.41. The largest absolute Gasteiger partial charge is 0.326 e. The van der Waals surface area contributed by atoms with Gasteiger partial charge in [0.05, 0.1) is 5.75 Å². The Morgan fingerprint density at radius 3 is 2.24 bits per heavy atom. The second-order valence-electron chi connectivity index (χ2n) is 8.66. The van der Waals surface area contributed by atoms with E-state index in [1.807, 2.05) is 61.5 Å². The first-order valence-corrected chi connectivity index (χ1v) is 14.1. The van der Waals surface area contributed by atoms with E-state index < -0.39 is 10.0 Å². The molecule has 4 rings (SSSR count). The summed E-state index contributed by atoms with van der Waals surface area (Å²) >= 11 is 1.79. The van der Waals surface area contributed by atoms with Crippen LogP contribution in [0.5, 0.6) is 0 Å². The molecule has 0 atom stereocenters. The molecule has 0 radical (unpaired) electrons. The van der Waals surface area contributed by atoms with Crippen LogP contribution in [-0.2, 0) is 26.3 Å². The van der Waals surface area contributed by atoms with Crippen molar-refractivity contribution >= 4 is 33.4 Å². The van der Waals surface area contributed by atoms with Crippen molar-refractivity contribution in [1.82, 2.24) is 4.31 Å². The van der Waals surface area contributed by atoms with E-state index in [9.17, 15) is 13.2 Å². The summed E-state index contributed by atoms with van der Waals surface area (Å²) in [6.07, 6.45) is 1.06. The van der Waals surface area contributed by atoms with Crippen LogP contribution in [0.25, 0.3) is 0 Å². The molecule has 0 aliphatic carbocycles. The molecule has 3 aromatic carbocycles. The Morgan fingerprint density at radius 2 is 1.59 bits per heavy atom. The highest BCUT2D eigenvalue weighted by Crippen LogP contribution is 2.27. The van der Waals surface area contributed by atoms with E-state index in [0.717, 1.165) is 22.6 Å². The number of piperidine rings is 1. The summed E-state index contributed by atoms with van der Waals surface area (Å²) in [6, 6.07) is 25.6. The van der Waals surface area contributed by atoms with Crippen molar-refractivity contribution in [1.29, 1.82) is 0 Å². The SMILES string of the molecule is Cc1cc(CSc2ccccc2)ccc1NC(=O)C1CCN(S(=O)(=O)Cc2ccccc2)CC1. The van der Waals surface area contributed by atoms with Gasteiger partial charge in [-0.2, -0.15) is 0 Å². The molecule has 0 unspecified atom stereocenters. The summed E-state index contributed by atoms with van der Waals surface area (Å²) < 4.78 is 27.1. The zero-order valence-electron chi connectivity index (χ0n) is 19.3. The minimum atomic E-state index is -3.38. The number of carbonyl (C=O) groups excluding carboxylic acids is 1. The molecule has 178 valence electrons. The van der Waals surface area contributed by atoms with Crippen LogP contribution in [0, 0.1) is 12.8 Å². The highest BCUT2D eigenvalue weighted by atomic mass is 32.2. The Labute approximate surface area is 206 Å². The lowest BCUT2D eigenvalue weighted by molar-refractivity contribution is -0.120. The fourth-order valence-corrected chi connectivity index (χ4v) is 6.57. The smallest absolute Gasteiger partial charge is 0.227 e. The number of amides is 1. The van der Waals surface area contributed by atoms with Crippen molar-refractivity contribution < 1.29 is 13.2 Å². The van der Waals surface area contributed by atoms with Gasteiger partial charge in [-0.05, 0) is 54.7 Å². The predicted molar refractivity (Wildman–Crippen MR) is 139 cm³/mol. The van der Waals surface area contributed by atoms with Crippen molar-refractivity contribution in [3.05, 3.63) is 95.6 Å². The Bertz CT molecular complexity index is 1210. The van der Waals surface area contributed by atoms with Gasteiger partial charge in [0.15, 0.2) is 0 Å². The van der Waals surface area contributed by atoms with Gasteiger partial charge in [0.1, 0.15) is 0 Å². The molecule has 34 heavy (non-hydrogen) atoms. The summed E-state index contributed by atoms with van der Waals surface area (Å²) in [5.74, 6) is 0.652. The quantitative estimate of drug-likeness (QED) is 0.422. The van der Waals surface area contributed by atoms with Gasteiger partial charge in [0, 0.05) is 35.3 Å². The van der Waals surface area contributed by atoms with Crippen LogP contribution in [0.15, 0.2) is 83.8 Å². The third-order valence-electron chi connectivity index (χ3n) is 6.11. The Balaban J connectivity index is 1.29. The van der Waals surface area contributed by atoms with Crippen LogP contribution in [-0.4, -0.2) is 31.7 Å². The molecule has 0 aromatic heterocycles. The number of benzene rings is 3. The number of sulfonamides is 1. The van der Waals surface area contributed by atoms with Crippen molar-refractivity contribution in [2.75, 3.05) is 18.4 Å². The van der Waals surface area contributed by atoms with Gasteiger partial charge < -0.3 is 5.32 Å². The number of nitrogens with one attached hydrogen (secondary N) is 1. The molecule has 1 aliphatic heterocycles. The first-order chi connectivity index (χ1) is 16.4. The van der Waals surface area contributed by atoms with E-state index in [1.54, 1.807) is 11.8 Å². The molecule has 1 amide bonds. The summed E-state index contributed by atoms with van der Waals surface area (Å²) in [5.41, 5.74) is 3.84. The number of anilines is 1. The Hall–Kier alpha value is -2.61. The maximum Gasteiger partial charge on any atom is 0.227 e. The summed E-state index contributed by atoms with van der Waals surface area (Å²) in [5, 5.41) is 3.06. The van der Waals surface area contributed by atoms with Gasteiger partial charge in [-0.15, -0.1) is 11.8 Å². The molecule has 0 spiro atoms. The van der Waals surface area contributed by atoms with E-state index in [2.05, 4.69) is 29.6 Å². The second kappa shape index (κ2) is 11.2. The molecule has 3 aromatic rings.